The first kappa shape index (κ1) is 13.2. The van der Waals surface area contributed by atoms with Crippen LogP contribution in [0.4, 0.5) is 0 Å². The van der Waals surface area contributed by atoms with Gasteiger partial charge >= 0.3 is 14.2 Å². The maximum atomic E-state index is 10.9. The molecule has 1 N–H and O–H groups in total. The standard InChI is InChI=1S/C8H13O5P/c1-6(5-7(9)12-4)8(2,3)13-14(10)11/h5H,1-4H3/p+1. The second kappa shape index (κ2) is 5.20. The molecule has 0 saturated carbocycles. The van der Waals surface area contributed by atoms with Crippen LogP contribution in [-0.2, 0) is 18.6 Å². The molecule has 14 heavy (non-hydrogen) atoms. The van der Waals surface area contributed by atoms with Gasteiger partial charge in [0, 0.05) is 10.6 Å². The third kappa shape index (κ3) is 4.46. The summed E-state index contributed by atoms with van der Waals surface area (Å²) in [6, 6.07) is 0. The van der Waals surface area contributed by atoms with E-state index in [1.54, 1.807) is 20.8 Å². The van der Waals surface area contributed by atoms with Crippen LogP contribution in [0.2, 0.25) is 0 Å². The fraction of sp³-hybridized carbons (Fsp3) is 0.625. The maximum Gasteiger partial charge on any atom is 0.695 e. The van der Waals surface area contributed by atoms with Gasteiger partial charge in [-0.3, -0.25) is 0 Å². The van der Waals surface area contributed by atoms with E-state index in [9.17, 15) is 9.36 Å². The van der Waals surface area contributed by atoms with Crippen molar-refractivity contribution in [1.29, 1.82) is 0 Å². The lowest BCUT2D eigenvalue weighted by atomic mass is 10.00. The zero-order chi connectivity index (χ0) is 11.4. The summed E-state index contributed by atoms with van der Waals surface area (Å²) in [6.45, 7) is 4.80. The second-order valence-corrected chi connectivity index (χ2v) is 3.85. The predicted octanol–water partition coefficient (Wildman–Crippen LogP) is 1.55. The molecule has 80 valence electrons. The third-order valence-corrected chi connectivity index (χ3v) is 2.40. The van der Waals surface area contributed by atoms with Gasteiger partial charge in [0.15, 0.2) is 0 Å². The van der Waals surface area contributed by atoms with E-state index < -0.39 is 19.8 Å². The third-order valence-electron chi connectivity index (χ3n) is 1.79. The van der Waals surface area contributed by atoms with Crippen LogP contribution in [0.1, 0.15) is 20.8 Å². The topological polar surface area (TPSA) is 72.8 Å². The van der Waals surface area contributed by atoms with E-state index in [4.69, 9.17) is 9.42 Å². The van der Waals surface area contributed by atoms with Crippen molar-refractivity contribution in [1.82, 2.24) is 0 Å². The fourth-order valence-corrected chi connectivity index (χ4v) is 1.21. The maximum absolute atomic E-state index is 10.9. The monoisotopic (exact) mass is 221 g/mol. The van der Waals surface area contributed by atoms with Crippen LogP contribution in [0.3, 0.4) is 0 Å². The van der Waals surface area contributed by atoms with Crippen molar-refractivity contribution >= 4 is 14.2 Å². The molecule has 0 fully saturated rings. The van der Waals surface area contributed by atoms with E-state index in [2.05, 4.69) is 4.74 Å². The molecule has 0 aromatic carbocycles. The van der Waals surface area contributed by atoms with Gasteiger partial charge in [0.1, 0.15) is 5.60 Å². The normalized spacial score (nSPS) is 13.8. The highest BCUT2D eigenvalue weighted by molar-refractivity contribution is 7.32. The number of hydrogen-bond donors (Lipinski definition) is 1. The van der Waals surface area contributed by atoms with Gasteiger partial charge < -0.3 is 4.74 Å². The van der Waals surface area contributed by atoms with Crippen molar-refractivity contribution in [3.05, 3.63) is 11.6 Å². The molecule has 0 bridgehead atoms. The largest absolute Gasteiger partial charge is 0.695 e. The molecule has 5 nitrogen and oxygen atoms in total. The summed E-state index contributed by atoms with van der Waals surface area (Å²) in [5.41, 5.74) is -0.446. The van der Waals surface area contributed by atoms with E-state index in [0.717, 1.165) is 0 Å². The first-order valence-corrected chi connectivity index (χ1v) is 5.04. The van der Waals surface area contributed by atoms with E-state index in [1.807, 2.05) is 0 Å². The Labute approximate surface area is 83.7 Å². The average molecular weight is 221 g/mol. The number of ether oxygens (including phenoxy) is 1. The van der Waals surface area contributed by atoms with Crippen LogP contribution in [-0.4, -0.2) is 23.6 Å². The summed E-state index contributed by atoms with van der Waals surface area (Å²) in [5.74, 6) is -0.521. The summed E-state index contributed by atoms with van der Waals surface area (Å²) in [5, 5.41) is 0. The van der Waals surface area contributed by atoms with Crippen LogP contribution in [0.15, 0.2) is 11.6 Å². The zero-order valence-corrected chi connectivity index (χ0v) is 9.50. The molecule has 0 amide bonds. The van der Waals surface area contributed by atoms with E-state index in [1.165, 1.54) is 13.2 Å². The molecule has 0 aliphatic heterocycles. The molecule has 0 aromatic heterocycles. The van der Waals surface area contributed by atoms with Gasteiger partial charge in [0.25, 0.3) is 0 Å². The molecule has 0 radical (unpaired) electrons. The SMILES string of the molecule is COC(=O)C=C(C)C(C)(C)O[P+](=O)O. The van der Waals surface area contributed by atoms with Crippen molar-refractivity contribution in [2.75, 3.05) is 7.11 Å². The molecular formula is C8H14O5P+. The Kier molecular flexibility index (Phi) is 4.91. The van der Waals surface area contributed by atoms with E-state index in [0.29, 0.717) is 5.57 Å². The Morgan fingerprint density at radius 2 is 2.00 bits per heavy atom. The molecule has 0 heterocycles. The first-order valence-electron chi connectivity index (χ1n) is 3.91. The zero-order valence-electron chi connectivity index (χ0n) is 8.60. The number of esters is 1. The molecule has 0 saturated heterocycles. The summed E-state index contributed by atoms with van der Waals surface area (Å²) in [6.07, 6.45) is 1.22. The van der Waals surface area contributed by atoms with Crippen LogP contribution in [0.25, 0.3) is 0 Å². The highest BCUT2D eigenvalue weighted by Crippen LogP contribution is 2.30. The second-order valence-electron chi connectivity index (χ2n) is 3.19. The van der Waals surface area contributed by atoms with E-state index >= 15 is 0 Å². The molecular weight excluding hydrogens is 207 g/mol. The van der Waals surface area contributed by atoms with Gasteiger partial charge in [-0.2, -0.15) is 0 Å². The summed E-state index contributed by atoms with van der Waals surface area (Å²) in [4.78, 5) is 19.4. The summed E-state index contributed by atoms with van der Waals surface area (Å²) >= 11 is 0. The molecule has 1 unspecified atom stereocenters. The number of carbonyl (C=O) groups excluding carboxylic acids is 1. The quantitative estimate of drug-likeness (QED) is 0.443. The smallest absolute Gasteiger partial charge is 0.466 e. The molecule has 0 aromatic rings. The molecule has 0 aliphatic rings. The molecule has 6 heteroatoms. The van der Waals surface area contributed by atoms with E-state index in [-0.39, 0.29) is 0 Å². The number of carbonyl (C=O) groups is 1. The molecule has 0 rings (SSSR count). The van der Waals surface area contributed by atoms with Gasteiger partial charge in [-0.25, -0.2) is 4.79 Å². The van der Waals surface area contributed by atoms with Crippen molar-refractivity contribution in [3.63, 3.8) is 0 Å². The first-order chi connectivity index (χ1) is 6.29. The van der Waals surface area contributed by atoms with Crippen LogP contribution < -0.4 is 0 Å². The molecule has 0 aliphatic carbocycles. The number of methoxy groups -OCH3 is 1. The van der Waals surface area contributed by atoms with Gasteiger partial charge in [-0.05, 0) is 26.3 Å². The summed E-state index contributed by atoms with van der Waals surface area (Å²) in [7, 11) is -1.44. The lowest BCUT2D eigenvalue weighted by Gasteiger charge is -2.17. The highest BCUT2D eigenvalue weighted by Gasteiger charge is 2.32. The minimum absolute atomic E-state index is 0.516. The predicted molar refractivity (Wildman–Crippen MR) is 50.8 cm³/mol. The Morgan fingerprint density at radius 1 is 1.50 bits per heavy atom. The van der Waals surface area contributed by atoms with Gasteiger partial charge in [0.05, 0.1) is 7.11 Å². The van der Waals surface area contributed by atoms with Crippen molar-refractivity contribution in [3.8, 4) is 0 Å². The minimum Gasteiger partial charge on any atom is -0.466 e. The fourth-order valence-electron chi connectivity index (χ4n) is 0.677. The lowest BCUT2D eigenvalue weighted by Crippen LogP contribution is -2.23. The Bertz CT molecular complexity index is 269. The molecule has 1 atom stereocenters. The summed E-state index contributed by atoms with van der Waals surface area (Å²) < 4.78 is 19.6. The van der Waals surface area contributed by atoms with Crippen LogP contribution in [0, 0.1) is 0 Å². The van der Waals surface area contributed by atoms with Crippen LogP contribution in [0.5, 0.6) is 0 Å². The van der Waals surface area contributed by atoms with Crippen molar-refractivity contribution < 1.29 is 23.5 Å². The average Bonchev–Trinajstić information content (AvgIpc) is 2.01. The van der Waals surface area contributed by atoms with Gasteiger partial charge in [-0.1, -0.05) is 0 Å². The lowest BCUT2D eigenvalue weighted by molar-refractivity contribution is -0.135. The number of rotatable bonds is 4. The number of hydrogen-bond acceptors (Lipinski definition) is 4. The molecule has 0 spiro atoms. The Balaban J connectivity index is 4.64. The van der Waals surface area contributed by atoms with Gasteiger partial charge in [0.2, 0.25) is 0 Å². The van der Waals surface area contributed by atoms with Crippen molar-refractivity contribution in [2.45, 2.75) is 26.4 Å². The highest BCUT2D eigenvalue weighted by atomic mass is 31.1. The van der Waals surface area contributed by atoms with Crippen LogP contribution >= 0.6 is 8.25 Å². The van der Waals surface area contributed by atoms with Gasteiger partial charge in [-0.15, -0.1) is 9.42 Å². The van der Waals surface area contributed by atoms with Crippen molar-refractivity contribution in [2.24, 2.45) is 0 Å². The Hall–Kier alpha value is -0.770. The minimum atomic E-state index is -2.69. The Morgan fingerprint density at radius 3 is 2.36 bits per heavy atom.